The molecule has 0 amide bonds. The molecule has 2 N–H and O–H groups in total. The first-order chi connectivity index (χ1) is 16.7. The highest BCUT2D eigenvalue weighted by Crippen LogP contribution is 2.24. The number of aryl methyl sites for hydroxylation is 1. The molecular weight excluding hydrogens is 468 g/mol. The number of para-hydroxylation sites is 1. The number of aromatic amines is 1. The summed E-state index contributed by atoms with van der Waals surface area (Å²) in [5, 5.41) is 0.780. The lowest BCUT2D eigenvalue weighted by Crippen LogP contribution is -2.24. The number of sulfonamides is 1. The minimum absolute atomic E-state index is 0.0395. The lowest BCUT2D eigenvalue weighted by molar-refractivity contribution is -0.140. The Bertz CT molecular complexity index is 1480. The van der Waals surface area contributed by atoms with Gasteiger partial charge >= 0.3 is 5.97 Å². The number of carbonyl (C=O) groups is 2. The molecule has 4 rings (SSSR count). The van der Waals surface area contributed by atoms with Crippen molar-refractivity contribution in [2.24, 2.45) is 0 Å². The van der Waals surface area contributed by atoms with Crippen molar-refractivity contribution in [2.75, 3.05) is 0 Å². The van der Waals surface area contributed by atoms with Gasteiger partial charge in [-0.25, -0.2) is 17.9 Å². The number of esters is 1. The highest BCUT2D eigenvalue weighted by atomic mass is 32.2. The van der Waals surface area contributed by atoms with Crippen LogP contribution in [0.1, 0.15) is 34.3 Å². The minimum atomic E-state index is -3.72. The zero-order chi connectivity index (χ0) is 25.0. The van der Waals surface area contributed by atoms with Gasteiger partial charge in [0.1, 0.15) is 5.76 Å². The molecule has 0 radical (unpaired) electrons. The highest BCUT2D eigenvalue weighted by Gasteiger charge is 2.23. The summed E-state index contributed by atoms with van der Waals surface area (Å²) in [5.41, 5.74) is 2.65. The number of hydrogen-bond acceptors (Lipinski definition) is 6. The third-order valence-electron chi connectivity index (χ3n) is 5.42. The first-order valence-electron chi connectivity index (χ1n) is 10.9. The van der Waals surface area contributed by atoms with Crippen LogP contribution in [0.25, 0.3) is 17.0 Å². The first kappa shape index (κ1) is 24.2. The number of H-pyrrole nitrogens is 1. The summed E-state index contributed by atoms with van der Waals surface area (Å²) in [6, 6.07) is 16.8. The summed E-state index contributed by atoms with van der Waals surface area (Å²) < 4.78 is 37.7. The van der Waals surface area contributed by atoms with Crippen molar-refractivity contribution >= 4 is 38.8 Å². The molecule has 0 fully saturated rings. The molecule has 2 aromatic heterocycles. The molecule has 0 spiro atoms. The van der Waals surface area contributed by atoms with E-state index in [1.54, 1.807) is 31.2 Å². The van der Waals surface area contributed by atoms with Gasteiger partial charge in [-0.3, -0.25) is 4.79 Å². The molecule has 2 aromatic carbocycles. The van der Waals surface area contributed by atoms with Crippen molar-refractivity contribution in [1.29, 1.82) is 0 Å². The molecular formula is C26H24N2O6S. The number of Topliss-reactive ketones (excluding diaryl/α,β-unsaturated/α-hetero) is 1. The number of carbonyl (C=O) groups excluding carboxylic acids is 2. The zero-order valence-electron chi connectivity index (χ0n) is 19.1. The number of fused-ring (bicyclic) bond motifs is 1. The van der Waals surface area contributed by atoms with Gasteiger partial charge in [0, 0.05) is 28.2 Å². The lowest BCUT2D eigenvalue weighted by atomic mass is 10.0. The van der Waals surface area contributed by atoms with Crippen LogP contribution in [0.5, 0.6) is 0 Å². The van der Waals surface area contributed by atoms with Gasteiger partial charge in [-0.05, 0) is 55.8 Å². The predicted octanol–water partition coefficient (Wildman–Crippen LogP) is 4.38. The van der Waals surface area contributed by atoms with E-state index in [4.69, 9.17) is 9.15 Å². The Kier molecular flexibility index (Phi) is 6.99. The average molecular weight is 493 g/mol. The van der Waals surface area contributed by atoms with Crippen LogP contribution in [0.15, 0.2) is 82.3 Å². The van der Waals surface area contributed by atoms with Crippen LogP contribution in [0.4, 0.5) is 0 Å². The van der Waals surface area contributed by atoms with E-state index in [0.29, 0.717) is 22.6 Å². The molecule has 180 valence electrons. The minimum Gasteiger partial charge on any atom is -0.468 e. The van der Waals surface area contributed by atoms with E-state index >= 15 is 0 Å². The molecule has 0 bridgehead atoms. The van der Waals surface area contributed by atoms with Crippen LogP contribution in [-0.4, -0.2) is 31.3 Å². The summed E-state index contributed by atoms with van der Waals surface area (Å²) in [6.45, 7) is 3.38. The summed E-state index contributed by atoms with van der Waals surface area (Å²) >= 11 is 0. The van der Waals surface area contributed by atoms with Crippen LogP contribution in [0.2, 0.25) is 0 Å². The quantitative estimate of drug-likeness (QED) is 0.203. The maximum atomic E-state index is 12.9. The SMILES string of the molecule is Cc1[nH]c2ccccc2c1C(=O)C(C)OC(=O)/C=C/c1ccc(S(=O)(=O)NCc2ccco2)cc1. The van der Waals surface area contributed by atoms with Gasteiger partial charge in [-0.1, -0.05) is 30.3 Å². The first-order valence-corrected chi connectivity index (χ1v) is 12.4. The van der Waals surface area contributed by atoms with Gasteiger partial charge in [-0.2, -0.15) is 0 Å². The second-order valence-corrected chi connectivity index (χ2v) is 9.69. The Labute approximate surface area is 202 Å². The maximum Gasteiger partial charge on any atom is 0.331 e. The summed E-state index contributed by atoms with van der Waals surface area (Å²) in [6.07, 6.45) is 3.18. The number of ether oxygens (including phenoxy) is 1. The number of aromatic nitrogens is 1. The summed E-state index contributed by atoms with van der Waals surface area (Å²) in [4.78, 5) is 28.5. The fraction of sp³-hybridized carbons (Fsp3) is 0.154. The molecule has 0 aliphatic heterocycles. The molecule has 1 unspecified atom stereocenters. The smallest absolute Gasteiger partial charge is 0.331 e. The van der Waals surface area contributed by atoms with E-state index in [1.165, 1.54) is 37.5 Å². The average Bonchev–Trinajstić information content (AvgIpc) is 3.48. The molecule has 0 aliphatic carbocycles. The van der Waals surface area contributed by atoms with E-state index < -0.39 is 22.1 Å². The van der Waals surface area contributed by atoms with Gasteiger partial charge in [0.15, 0.2) is 6.10 Å². The summed E-state index contributed by atoms with van der Waals surface area (Å²) in [7, 11) is -3.72. The standard InChI is InChI=1S/C26H24N2O6S/c1-17-25(22-7-3-4-8-23(22)28-17)26(30)18(2)34-24(29)14-11-19-9-12-21(13-10-19)35(31,32)27-16-20-6-5-15-33-20/h3-15,18,27-28H,16H2,1-2H3/b14-11+. The van der Waals surface area contributed by atoms with Crippen molar-refractivity contribution in [2.45, 2.75) is 31.4 Å². The van der Waals surface area contributed by atoms with E-state index in [2.05, 4.69) is 9.71 Å². The Balaban J connectivity index is 1.36. The molecule has 0 aliphatic rings. The molecule has 2 heterocycles. The lowest BCUT2D eigenvalue weighted by Gasteiger charge is -2.11. The topological polar surface area (TPSA) is 118 Å². The molecule has 0 saturated heterocycles. The zero-order valence-corrected chi connectivity index (χ0v) is 20.0. The molecule has 35 heavy (non-hydrogen) atoms. The van der Waals surface area contributed by atoms with Gasteiger partial charge < -0.3 is 14.1 Å². The molecule has 9 heteroatoms. The number of hydrogen-bond donors (Lipinski definition) is 2. The second kappa shape index (κ2) is 10.1. The van der Waals surface area contributed by atoms with E-state index in [9.17, 15) is 18.0 Å². The van der Waals surface area contributed by atoms with Crippen LogP contribution >= 0.6 is 0 Å². The Hall–Kier alpha value is -3.95. The van der Waals surface area contributed by atoms with Crippen molar-refractivity contribution < 1.29 is 27.2 Å². The number of ketones is 1. The molecule has 0 saturated carbocycles. The Morgan fingerprint density at radius 1 is 1.09 bits per heavy atom. The Morgan fingerprint density at radius 2 is 1.83 bits per heavy atom. The van der Waals surface area contributed by atoms with Crippen LogP contribution in [0, 0.1) is 6.92 Å². The largest absolute Gasteiger partial charge is 0.468 e. The van der Waals surface area contributed by atoms with Crippen molar-refractivity contribution in [3.8, 4) is 0 Å². The number of nitrogens with one attached hydrogen (secondary N) is 2. The fourth-order valence-corrected chi connectivity index (χ4v) is 4.64. The van der Waals surface area contributed by atoms with E-state index in [0.717, 1.165) is 10.9 Å². The van der Waals surface area contributed by atoms with Gasteiger partial charge in [0.25, 0.3) is 0 Å². The third kappa shape index (κ3) is 5.59. The molecule has 1 atom stereocenters. The van der Waals surface area contributed by atoms with Crippen LogP contribution in [-0.2, 0) is 26.1 Å². The van der Waals surface area contributed by atoms with Crippen molar-refractivity contribution in [3.05, 3.63) is 95.6 Å². The number of rotatable bonds is 9. The predicted molar refractivity (Wildman–Crippen MR) is 131 cm³/mol. The number of benzene rings is 2. The Morgan fingerprint density at radius 3 is 2.54 bits per heavy atom. The second-order valence-electron chi connectivity index (χ2n) is 7.92. The molecule has 4 aromatic rings. The highest BCUT2D eigenvalue weighted by molar-refractivity contribution is 7.89. The normalized spacial score (nSPS) is 12.7. The maximum absolute atomic E-state index is 12.9. The van der Waals surface area contributed by atoms with Gasteiger partial charge in [0.2, 0.25) is 15.8 Å². The van der Waals surface area contributed by atoms with Crippen LogP contribution in [0.3, 0.4) is 0 Å². The van der Waals surface area contributed by atoms with Crippen molar-refractivity contribution in [3.63, 3.8) is 0 Å². The fourth-order valence-electron chi connectivity index (χ4n) is 3.65. The number of furan rings is 1. The van der Waals surface area contributed by atoms with Crippen LogP contribution < -0.4 is 4.72 Å². The monoisotopic (exact) mass is 492 g/mol. The van der Waals surface area contributed by atoms with Gasteiger partial charge in [0.05, 0.1) is 17.7 Å². The third-order valence-corrected chi connectivity index (χ3v) is 6.84. The molecule has 8 nitrogen and oxygen atoms in total. The van der Waals surface area contributed by atoms with Crippen molar-refractivity contribution in [1.82, 2.24) is 9.71 Å². The summed E-state index contributed by atoms with van der Waals surface area (Å²) in [5.74, 6) is -0.474. The van der Waals surface area contributed by atoms with Gasteiger partial charge in [-0.15, -0.1) is 0 Å². The van der Waals surface area contributed by atoms with E-state index in [-0.39, 0.29) is 17.2 Å². The van der Waals surface area contributed by atoms with E-state index in [1.807, 2.05) is 24.3 Å².